The fourth-order valence-electron chi connectivity index (χ4n) is 1.78. The second kappa shape index (κ2) is 4.97. The molecule has 16 heavy (non-hydrogen) atoms. The molecule has 0 radical (unpaired) electrons. The summed E-state index contributed by atoms with van der Waals surface area (Å²) >= 11 is 1.71. The van der Waals surface area contributed by atoms with Crippen LogP contribution in [0.25, 0.3) is 0 Å². The van der Waals surface area contributed by atoms with Crippen LogP contribution in [0.2, 0.25) is 0 Å². The van der Waals surface area contributed by atoms with Crippen molar-refractivity contribution in [3.8, 4) is 0 Å². The molecule has 1 fully saturated rings. The highest BCUT2D eigenvalue weighted by molar-refractivity contribution is 7.09. The number of hydrogen-bond donors (Lipinski definition) is 1. The first-order valence-electron chi connectivity index (χ1n) is 5.72. The van der Waals surface area contributed by atoms with Crippen LogP contribution in [0.4, 0.5) is 0 Å². The van der Waals surface area contributed by atoms with Crippen molar-refractivity contribution in [2.45, 2.75) is 26.4 Å². The van der Waals surface area contributed by atoms with Gasteiger partial charge in [0.1, 0.15) is 0 Å². The molecule has 1 N–H and O–H groups in total. The Morgan fingerprint density at radius 3 is 2.81 bits per heavy atom. The molecular formula is C12H18N2OS. The number of nitrogens with one attached hydrogen (secondary N) is 1. The van der Waals surface area contributed by atoms with Gasteiger partial charge in [0.25, 0.3) is 0 Å². The van der Waals surface area contributed by atoms with Gasteiger partial charge in [-0.2, -0.15) is 0 Å². The monoisotopic (exact) mass is 238 g/mol. The maximum Gasteiger partial charge on any atom is 0.228 e. The van der Waals surface area contributed by atoms with Crippen molar-refractivity contribution in [3.05, 3.63) is 22.4 Å². The van der Waals surface area contributed by atoms with Crippen molar-refractivity contribution in [2.75, 3.05) is 13.1 Å². The molecule has 88 valence electrons. The van der Waals surface area contributed by atoms with Crippen LogP contribution in [0.5, 0.6) is 0 Å². The van der Waals surface area contributed by atoms with Crippen LogP contribution in [-0.4, -0.2) is 29.9 Å². The molecule has 1 aromatic heterocycles. The summed E-state index contributed by atoms with van der Waals surface area (Å²) in [6, 6.07) is 4.40. The number of amides is 1. The van der Waals surface area contributed by atoms with Gasteiger partial charge in [-0.1, -0.05) is 6.07 Å². The number of rotatable bonds is 4. The second-order valence-electron chi connectivity index (χ2n) is 4.49. The summed E-state index contributed by atoms with van der Waals surface area (Å²) in [5.41, 5.74) is 0. The molecule has 0 aromatic carbocycles. The number of hydrogen-bond acceptors (Lipinski definition) is 3. The quantitative estimate of drug-likeness (QED) is 0.866. The highest BCUT2D eigenvalue weighted by Crippen LogP contribution is 2.17. The molecule has 0 aliphatic carbocycles. The van der Waals surface area contributed by atoms with Crippen LogP contribution in [-0.2, 0) is 11.3 Å². The Kier molecular flexibility index (Phi) is 3.61. The van der Waals surface area contributed by atoms with Gasteiger partial charge >= 0.3 is 0 Å². The fraction of sp³-hybridized carbons (Fsp3) is 0.583. The van der Waals surface area contributed by atoms with Crippen LogP contribution in [0.3, 0.4) is 0 Å². The van der Waals surface area contributed by atoms with Gasteiger partial charge in [-0.25, -0.2) is 0 Å². The van der Waals surface area contributed by atoms with E-state index in [1.54, 1.807) is 11.3 Å². The van der Waals surface area contributed by atoms with Crippen molar-refractivity contribution in [3.63, 3.8) is 0 Å². The number of thiophene rings is 1. The fourth-order valence-corrected chi connectivity index (χ4v) is 2.49. The largest absolute Gasteiger partial charge is 0.335 e. The second-order valence-corrected chi connectivity index (χ2v) is 5.53. The molecule has 1 aliphatic rings. The Hall–Kier alpha value is -0.870. The standard InChI is InChI=1S/C12H18N2OS/c1-9(2)14(8-11-4-3-5-16-11)12(15)10-6-13-7-10/h3-5,9-10,13H,6-8H2,1-2H3. The van der Waals surface area contributed by atoms with Crippen molar-refractivity contribution < 1.29 is 4.79 Å². The SMILES string of the molecule is CC(C)N(Cc1cccs1)C(=O)C1CNC1. The minimum Gasteiger partial charge on any atom is -0.335 e. The van der Waals surface area contributed by atoms with Gasteiger partial charge in [0, 0.05) is 24.0 Å². The Balaban J connectivity index is 2.01. The van der Waals surface area contributed by atoms with E-state index in [-0.39, 0.29) is 12.0 Å². The molecule has 0 unspecified atom stereocenters. The predicted molar refractivity (Wildman–Crippen MR) is 66.4 cm³/mol. The van der Waals surface area contributed by atoms with E-state index in [4.69, 9.17) is 0 Å². The third-order valence-corrected chi connectivity index (χ3v) is 3.80. The summed E-state index contributed by atoms with van der Waals surface area (Å²) in [5, 5.41) is 5.21. The third-order valence-electron chi connectivity index (χ3n) is 2.94. The summed E-state index contributed by atoms with van der Waals surface area (Å²) in [6.45, 7) is 6.60. The summed E-state index contributed by atoms with van der Waals surface area (Å²) < 4.78 is 0. The average molecular weight is 238 g/mol. The molecular weight excluding hydrogens is 220 g/mol. The summed E-state index contributed by atoms with van der Waals surface area (Å²) in [4.78, 5) is 15.4. The zero-order chi connectivity index (χ0) is 11.5. The highest BCUT2D eigenvalue weighted by atomic mass is 32.1. The van der Waals surface area contributed by atoms with Crippen molar-refractivity contribution in [2.24, 2.45) is 5.92 Å². The zero-order valence-corrected chi connectivity index (χ0v) is 10.6. The molecule has 0 spiro atoms. The van der Waals surface area contributed by atoms with Crippen LogP contribution < -0.4 is 5.32 Å². The molecule has 1 amide bonds. The molecule has 1 saturated heterocycles. The maximum absolute atomic E-state index is 12.2. The maximum atomic E-state index is 12.2. The van der Waals surface area contributed by atoms with Gasteiger partial charge < -0.3 is 10.2 Å². The minimum absolute atomic E-state index is 0.197. The molecule has 2 rings (SSSR count). The van der Waals surface area contributed by atoms with Crippen LogP contribution in [0.15, 0.2) is 17.5 Å². The lowest BCUT2D eigenvalue weighted by molar-refractivity contribution is -0.139. The lowest BCUT2D eigenvalue weighted by Gasteiger charge is -2.34. The van der Waals surface area contributed by atoms with Gasteiger partial charge in [-0.05, 0) is 25.3 Å². The van der Waals surface area contributed by atoms with E-state index in [9.17, 15) is 4.79 Å². The average Bonchev–Trinajstić information content (AvgIpc) is 2.62. The lowest BCUT2D eigenvalue weighted by atomic mass is 10.0. The van der Waals surface area contributed by atoms with E-state index in [1.807, 2.05) is 11.0 Å². The number of carbonyl (C=O) groups excluding carboxylic acids is 1. The van der Waals surface area contributed by atoms with Crippen LogP contribution >= 0.6 is 11.3 Å². The highest BCUT2D eigenvalue weighted by Gasteiger charge is 2.30. The first-order valence-corrected chi connectivity index (χ1v) is 6.60. The van der Waals surface area contributed by atoms with Gasteiger partial charge in [-0.15, -0.1) is 11.3 Å². The predicted octanol–water partition coefficient (Wildman–Crippen LogP) is 1.70. The molecule has 1 aromatic rings. The Morgan fingerprint density at radius 1 is 1.62 bits per heavy atom. The minimum atomic E-state index is 0.197. The van der Waals surface area contributed by atoms with E-state index in [0.717, 1.165) is 19.6 Å². The normalized spacial score (nSPS) is 16.2. The zero-order valence-electron chi connectivity index (χ0n) is 9.77. The van der Waals surface area contributed by atoms with Gasteiger partial charge in [0.2, 0.25) is 5.91 Å². The van der Waals surface area contributed by atoms with Gasteiger partial charge in [-0.3, -0.25) is 4.79 Å². The van der Waals surface area contributed by atoms with Crippen molar-refractivity contribution in [1.29, 1.82) is 0 Å². The molecule has 0 saturated carbocycles. The molecule has 2 heterocycles. The Morgan fingerprint density at radius 2 is 2.38 bits per heavy atom. The molecule has 0 atom stereocenters. The molecule has 4 heteroatoms. The van der Waals surface area contributed by atoms with Crippen molar-refractivity contribution in [1.82, 2.24) is 10.2 Å². The molecule has 1 aliphatic heterocycles. The van der Waals surface area contributed by atoms with Crippen LogP contribution in [0.1, 0.15) is 18.7 Å². The van der Waals surface area contributed by atoms with E-state index in [1.165, 1.54) is 4.88 Å². The smallest absolute Gasteiger partial charge is 0.228 e. The summed E-state index contributed by atoms with van der Waals surface area (Å²) in [5.74, 6) is 0.490. The molecule has 3 nitrogen and oxygen atoms in total. The topological polar surface area (TPSA) is 32.3 Å². The number of nitrogens with zero attached hydrogens (tertiary/aromatic N) is 1. The van der Waals surface area contributed by atoms with E-state index < -0.39 is 0 Å². The van der Waals surface area contributed by atoms with E-state index in [0.29, 0.717) is 5.91 Å². The van der Waals surface area contributed by atoms with E-state index in [2.05, 4.69) is 30.6 Å². The van der Waals surface area contributed by atoms with Crippen molar-refractivity contribution >= 4 is 17.2 Å². The molecule has 0 bridgehead atoms. The van der Waals surface area contributed by atoms with E-state index >= 15 is 0 Å². The summed E-state index contributed by atoms with van der Waals surface area (Å²) in [7, 11) is 0. The lowest BCUT2D eigenvalue weighted by Crippen LogP contribution is -2.53. The van der Waals surface area contributed by atoms with Crippen LogP contribution in [0, 0.1) is 5.92 Å². The van der Waals surface area contributed by atoms with Gasteiger partial charge in [0.15, 0.2) is 0 Å². The Bertz CT molecular complexity index is 344. The Labute approximate surface area is 100 Å². The summed E-state index contributed by atoms with van der Waals surface area (Å²) in [6.07, 6.45) is 0. The first-order chi connectivity index (χ1) is 7.68. The van der Waals surface area contributed by atoms with Gasteiger partial charge in [0.05, 0.1) is 12.5 Å². The number of carbonyl (C=O) groups is 1. The first kappa shape index (κ1) is 11.6. The third kappa shape index (κ3) is 2.44.